The number of pyridine rings is 1. The summed E-state index contributed by atoms with van der Waals surface area (Å²) in [5, 5.41) is 0. The Balaban J connectivity index is 2.12. The molecule has 1 saturated heterocycles. The molecule has 1 aliphatic rings. The largest absolute Gasteiger partial charge is 0.473 e. The third-order valence-corrected chi connectivity index (χ3v) is 3.59. The van der Waals surface area contributed by atoms with Crippen molar-refractivity contribution in [2.24, 2.45) is 5.92 Å². The molecule has 1 atom stereocenters. The number of nitrogen functional groups attached to an aromatic ring is 1. The molecule has 22 heavy (non-hydrogen) atoms. The highest BCUT2D eigenvalue weighted by Crippen LogP contribution is 2.27. The Morgan fingerprint density at radius 3 is 2.95 bits per heavy atom. The van der Waals surface area contributed by atoms with Crippen LogP contribution in [0.1, 0.15) is 33.6 Å². The van der Waals surface area contributed by atoms with E-state index in [1.807, 2.05) is 26.8 Å². The number of piperidine rings is 1. The van der Waals surface area contributed by atoms with E-state index in [1.54, 1.807) is 6.07 Å². The smallest absolute Gasteiger partial charge is 0.310 e. The van der Waals surface area contributed by atoms with Gasteiger partial charge in [-0.25, -0.2) is 0 Å². The van der Waals surface area contributed by atoms with Gasteiger partial charge in [-0.2, -0.15) is 4.98 Å². The summed E-state index contributed by atoms with van der Waals surface area (Å²) < 4.78 is 10.8. The molecule has 2 N–H and O–H groups in total. The molecule has 0 unspecified atom stereocenters. The van der Waals surface area contributed by atoms with Gasteiger partial charge in [-0.15, -0.1) is 0 Å². The lowest BCUT2D eigenvalue weighted by atomic mass is 9.98. The van der Waals surface area contributed by atoms with Crippen LogP contribution in [0.5, 0.6) is 5.88 Å². The highest BCUT2D eigenvalue weighted by atomic mass is 16.5. The van der Waals surface area contributed by atoms with Crippen LogP contribution < -0.4 is 15.4 Å². The van der Waals surface area contributed by atoms with Crippen molar-refractivity contribution in [1.82, 2.24) is 4.98 Å². The summed E-state index contributed by atoms with van der Waals surface area (Å²) in [7, 11) is 0. The van der Waals surface area contributed by atoms with Crippen molar-refractivity contribution in [3.8, 4) is 5.88 Å². The van der Waals surface area contributed by atoms with E-state index in [0.29, 0.717) is 24.7 Å². The van der Waals surface area contributed by atoms with Crippen LogP contribution in [0.4, 0.5) is 11.5 Å². The van der Waals surface area contributed by atoms with Crippen molar-refractivity contribution in [3.05, 3.63) is 12.1 Å². The van der Waals surface area contributed by atoms with E-state index < -0.39 is 0 Å². The zero-order valence-corrected chi connectivity index (χ0v) is 13.5. The van der Waals surface area contributed by atoms with Gasteiger partial charge in [0.25, 0.3) is 0 Å². The molecule has 6 nitrogen and oxygen atoms in total. The zero-order chi connectivity index (χ0) is 16.1. The van der Waals surface area contributed by atoms with E-state index in [0.717, 1.165) is 25.2 Å². The van der Waals surface area contributed by atoms with E-state index in [9.17, 15) is 4.79 Å². The van der Waals surface area contributed by atoms with Gasteiger partial charge in [0.2, 0.25) is 5.88 Å². The fourth-order valence-electron chi connectivity index (χ4n) is 2.57. The number of carbonyl (C=O) groups excluding carboxylic acids is 1. The minimum absolute atomic E-state index is 0.0127. The first kappa shape index (κ1) is 16.4. The van der Waals surface area contributed by atoms with Crippen LogP contribution in [-0.4, -0.2) is 36.8 Å². The van der Waals surface area contributed by atoms with E-state index in [-0.39, 0.29) is 18.0 Å². The molecule has 0 spiro atoms. The number of aromatic nitrogens is 1. The monoisotopic (exact) mass is 307 g/mol. The molecular formula is C16H25N3O3. The van der Waals surface area contributed by atoms with Gasteiger partial charge in [-0.3, -0.25) is 4.79 Å². The van der Waals surface area contributed by atoms with Crippen molar-refractivity contribution in [2.45, 2.75) is 39.7 Å². The topological polar surface area (TPSA) is 77.7 Å². The number of nitrogens with two attached hydrogens (primary N) is 1. The van der Waals surface area contributed by atoms with Crippen LogP contribution in [-0.2, 0) is 9.53 Å². The molecule has 1 aromatic rings. The number of carbonyl (C=O) groups is 1. The van der Waals surface area contributed by atoms with E-state index in [1.165, 1.54) is 0 Å². The maximum absolute atomic E-state index is 11.9. The van der Waals surface area contributed by atoms with Crippen LogP contribution in [0.25, 0.3) is 0 Å². The van der Waals surface area contributed by atoms with Gasteiger partial charge in [0.1, 0.15) is 5.82 Å². The second-order valence-corrected chi connectivity index (χ2v) is 5.77. The molecule has 0 saturated carbocycles. The fourth-order valence-corrected chi connectivity index (χ4v) is 2.57. The lowest BCUT2D eigenvalue weighted by Gasteiger charge is -2.32. The first-order chi connectivity index (χ1) is 10.5. The molecular weight excluding hydrogens is 282 g/mol. The third-order valence-electron chi connectivity index (χ3n) is 3.59. The molecule has 0 aliphatic carbocycles. The first-order valence-corrected chi connectivity index (χ1v) is 7.86. The molecule has 0 bridgehead atoms. The molecule has 1 aromatic heterocycles. The molecule has 122 valence electrons. The van der Waals surface area contributed by atoms with Crippen LogP contribution in [0.3, 0.4) is 0 Å². The Kier molecular flexibility index (Phi) is 5.46. The van der Waals surface area contributed by atoms with Gasteiger partial charge in [-0.05, 0) is 45.7 Å². The summed E-state index contributed by atoms with van der Waals surface area (Å²) in [6.45, 7) is 7.61. The second-order valence-electron chi connectivity index (χ2n) is 5.77. The first-order valence-electron chi connectivity index (χ1n) is 7.86. The highest BCUT2D eigenvalue weighted by Gasteiger charge is 2.27. The molecule has 0 aromatic carbocycles. The van der Waals surface area contributed by atoms with Crippen LogP contribution in [0.2, 0.25) is 0 Å². The SMILES string of the molecule is CCOC(=O)[C@H]1CCCN(c2ccc(N)c(OC(C)C)n2)C1. The zero-order valence-electron chi connectivity index (χ0n) is 13.5. The van der Waals surface area contributed by atoms with Gasteiger partial charge in [0.05, 0.1) is 24.3 Å². The number of nitrogens with zero attached hydrogens (tertiary/aromatic N) is 2. The van der Waals surface area contributed by atoms with Crippen LogP contribution in [0, 0.1) is 5.92 Å². The average molecular weight is 307 g/mol. The molecule has 1 fully saturated rings. The molecule has 0 amide bonds. The number of hydrogen-bond donors (Lipinski definition) is 1. The van der Waals surface area contributed by atoms with Crippen molar-refractivity contribution in [3.63, 3.8) is 0 Å². The Bertz CT molecular complexity index is 519. The Morgan fingerprint density at radius 2 is 2.27 bits per heavy atom. The Labute approximate surface area is 131 Å². The van der Waals surface area contributed by atoms with Gasteiger partial charge >= 0.3 is 5.97 Å². The van der Waals surface area contributed by atoms with Crippen LogP contribution >= 0.6 is 0 Å². The summed E-state index contributed by atoms with van der Waals surface area (Å²) in [5.41, 5.74) is 6.43. The number of esters is 1. The maximum Gasteiger partial charge on any atom is 0.310 e. The molecule has 1 aliphatic heterocycles. The minimum Gasteiger partial charge on any atom is -0.473 e. The fraction of sp³-hybridized carbons (Fsp3) is 0.625. The summed E-state index contributed by atoms with van der Waals surface area (Å²) >= 11 is 0. The lowest BCUT2D eigenvalue weighted by Crippen LogP contribution is -2.39. The van der Waals surface area contributed by atoms with Crippen molar-refractivity contribution in [2.75, 3.05) is 30.3 Å². The van der Waals surface area contributed by atoms with Gasteiger partial charge in [-0.1, -0.05) is 0 Å². The van der Waals surface area contributed by atoms with Crippen molar-refractivity contribution >= 4 is 17.5 Å². The van der Waals surface area contributed by atoms with E-state index in [2.05, 4.69) is 9.88 Å². The summed E-state index contributed by atoms with van der Waals surface area (Å²) in [5.74, 6) is 1.02. The van der Waals surface area contributed by atoms with Crippen molar-refractivity contribution < 1.29 is 14.3 Å². The third kappa shape index (κ3) is 4.02. The molecule has 2 heterocycles. The van der Waals surface area contributed by atoms with Gasteiger partial charge in [0, 0.05) is 13.1 Å². The minimum atomic E-state index is -0.124. The highest BCUT2D eigenvalue weighted by molar-refractivity contribution is 5.73. The quantitative estimate of drug-likeness (QED) is 0.841. The number of ether oxygens (including phenoxy) is 2. The summed E-state index contributed by atoms with van der Waals surface area (Å²) in [6, 6.07) is 3.67. The Morgan fingerprint density at radius 1 is 1.50 bits per heavy atom. The lowest BCUT2D eigenvalue weighted by molar-refractivity contribution is -0.148. The van der Waals surface area contributed by atoms with Gasteiger partial charge in [0.15, 0.2) is 0 Å². The second kappa shape index (κ2) is 7.33. The standard InChI is InChI=1S/C16H25N3O3/c1-4-21-16(20)12-6-5-9-19(10-12)14-8-7-13(17)15(18-14)22-11(2)3/h7-8,11-12H,4-6,9-10,17H2,1-3H3/t12-/m0/s1. The van der Waals surface area contributed by atoms with Gasteiger partial charge < -0.3 is 20.1 Å². The Hall–Kier alpha value is -1.98. The predicted octanol–water partition coefficient (Wildman–Crippen LogP) is 2.23. The predicted molar refractivity (Wildman–Crippen MR) is 86.0 cm³/mol. The van der Waals surface area contributed by atoms with E-state index >= 15 is 0 Å². The number of anilines is 2. The average Bonchev–Trinajstić information content (AvgIpc) is 2.49. The summed E-state index contributed by atoms with van der Waals surface area (Å²) in [4.78, 5) is 18.5. The molecule has 6 heteroatoms. The van der Waals surface area contributed by atoms with Crippen molar-refractivity contribution in [1.29, 1.82) is 0 Å². The van der Waals surface area contributed by atoms with E-state index in [4.69, 9.17) is 15.2 Å². The van der Waals surface area contributed by atoms with Crippen LogP contribution in [0.15, 0.2) is 12.1 Å². The number of hydrogen-bond acceptors (Lipinski definition) is 6. The normalized spacial score (nSPS) is 18.4. The maximum atomic E-state index is 11.9. The molecule has 0 radical (unpaired) electrons. The number of rotatable bonds is 5. The molecule has 2 rings (SSSR count). The summed E-state index contributed by atoms with van der Waals surface area (Å²) in [6.07, 6.45) is 1.81.